The Morgan fingerprint density at radius 2 is 1.61 bits per heavy atom. The molecule has 4 aromatic carbocycles. The summed E-state index contributed by atoms with van der Waals surface area (Å²) < 4.78 is 2.15. The zero-order chi connectivity index (χ0) is 24.6. The lowest BCUT2D eigenvalue weighted by molar-refractivity contribution is 0.1000. The molecule has 0 saturated heterocycles. The average molecular weight is 486 g/mol. The topological polar surface area (TPSA) is 65.1 Å². The highest BCUT2D eigenvalue weighted by Gasteiger charge is 2.20. The molecule has 36 heavy (non-hydrogen) atoms. The van der Waals surface area contributed by atoms with Crippen LogP contribution < -0.4 is 5.73 Å². The lowest BCUT2D eigenvalue weighted by Gasteiger charge is -2.13. The Bertz CT molecular complexity index is 1750. The van der Waals surface area contributed by atoms with E-state index < -0.39 is 5.91 Å². The molecular formula is C31H21N2O2S. The molecule has 2 heterocycles. The van der Waals surface area contributed by atoms with Crippen LogP contribution in [0.1, 0.15) is 31.8 Å². The summed E-state index contributed by atoms with van der Waals surface area (Å²) in [6.07, 6.45) is 0. The fraction of sp³-hybridized carbons (Fsp3) is 0.0323. The maximum absolute atomic E-state index is 13.4. The van der Waals surface area contributed by atoms with Gasteiger partial charge in [-0.2, -0.15) is 0 Å². The highest BCUT2D eigenvalue weighted by Crippen LogP contribution is 2.36. The van der Waals surface area contributed by atoms with Crippen molar-refractivity contribution in [3.05, 3.63) is 131 Å². The van der Waals surface area contributed by atoms with Gasteiger partial charge in [-0.15, -0.1) is 11.3 Å². The number of aromatic nitrogens is 1. The number of carbonyl (C=O) groups is 2. The van der Waals surface area contributed by atoms with Crippen LogP contribution in [0.4, 0.5) is 0 Å². The van der Waals surface area contributed by atoms with Crippen molar-refractivity contribution < 1.29 is 9.59 Å². The molecule has 1 radical (unpaired) electrons. The van der Waals surface area contributed by atoms with E-state index in [-0.39, 0.29) is 5.78 Å². The van der Waals surface area contributed by atoms with E-state index in [2.05, 4.69) is 22.8 Å². The van der Waals surface area contributed by atoms with Gasteiger partial charge in [-0.05, 0) is 52.9 Å². The van der Waals surface area contributed by atoms with Crippen molar-refractivity contribution in [2.45, 2.75) is 6.54 Å². The van der Waals surface area contributed by atoms with Gasteiger partial charge in [-0.25, -0.2) is 0 Å². The molecule has 0 saturated carbocycles. The molecule has 4 nitrogen and oxygen atoms in total. The van der Waals surface area contributed by atoms with E-state index in [1.54, 1.807) is 17.4 Å². The van der Waals surface area contributed by atoms with E-state index in [1.165, 1.54) is 0 Å². The van der Waals surface area contributed by atoms with Crippen molar-refractivity contribution in [2.24, 2.45) is 5.73 Å². The van der Waals surface area contributed by atoms with Gasteiger partial charge in [0, 0.05) is 38.9 Å². The molecule has 0 fully saturated rings. The Kier molecular flexibility index (Phi) is 5.47. The first-order valence-corrected chi connectivity index (χ1v) is 12.5. The molecule has 5 heteroatoms. The monoisotopic (exact) mass is 485 g/mol. The van der Waals surface area contributed by atoms with Gasteiger partial charge >= 0.3 is 0 Å². The summed E-state index contributed by atoms with van der Waals surface area (Å²) in [5.74, 6) is -0.495. The molecule has 0 unspecified atom stereocenters. The van der Waals surface area contributed by atoms with E-state index in [1.807, 2.05) is 84.2 Å². The van der Waals surface area contributed by atoms with Crippen LogP contribution in [0, 0.1) is 6.07 Å². The number of primary amides is 1. The van der Waals surface area contributed by atoms with E-state index in [9.17, 15) is 9.59 Å². The quantitative estimate of drug-likeness (QED) is 0.267. The van der Waals surface area contributed by atoms with Crippen molar-refractivity contribution in [3.63, 3.8) is 0 Å². The van der Waals surface area contributed by atoms with Crippen LogP contribution in [-0.4, -0.2) is 16.3 Å². The summed E-state index contributed by atoms with van der Waals surface area (Å²) >= 11 is 1.67. The van der Waals surface area contributed by atoms with Gasteiger partial charge in [-0.3, -0.25) is 9.59 Å². The Morgan fingerprint density at radius 1 is 0.833 bits per heavy atom. The third-order valence-electron chi connectivity index (χ3n) is 6.49. The first kappa shape index (κ1) is 22.0. The smallest absolute Gasteiger partial charge is 0.249 e. The van der Waals surface area contributed by atoms with Crippen LogP contribution in [0.2, 0.25) is 0 Å². The third kappa shape index (κ3) is 3.70. The van der Waals surface area contributed by atoms with Crippen LogP contribution in [-0.2, 0) is 6.54 Å². The van der Waals surface area contributed by atoms with Gasteiger partial charge < -0.3 is 10.3 Å². The van der Waals surface area contributed by atoms with Gasteiger partial charge in [0.15, 0.2) is 5.78 Å². The number of amides is 1. The lowest BCUT2D eigenvalue weighted by atomic mass is 9.98. The normalized spacial score (nSPS) is 11.2. The molecule has 0 spiro atoms. The predicted molar refractivity (Wildman–Crippen MR) is 146 cm³/mol. The molecule has 0 bridgehead atoms. The summed E-state index contributed by atoms with van der Waals surface area (Å²) in [4.78, 5) is 26.9. The lowest BCUT2D eigenvalue weighted by Crippen LogP contribution is -2.11. The van der Waals surface area contributed by atoms with Crippen LogP contribution in [0.25, 0.3) is 32.2 Å². The maximum atomic E-state index is 13.4. The van der Waals surface area contributed by atoms with Crippen LogP contribution in [0.3, 0.4) is 0 Å². The maximum Gasteiger partial charge on any atom is 0.249 e. The molecule has 1 amide bonds. The molecule has 6 rings (SSSR count). The van der Waals surface area contributed by atoms with Gasteiger partial charge in [0.05, 0.1) is 11.0 Å². The number of hydrogen-bond acceptors (Lipinski definition) is 3. The van der Waals surface area contributed by atoms with Gasteiger partial charge in [0.25, 0.3) is 0 Å². The van der Waals surface area contributed by atoms with E-state index in [0.29, 0.717) is 23.2 Å². The molecule has 0 aliphatic rings. The van der Waals surface area contributed by atoms with E-state index in [0.717, 1.165) is 37.8 Å². The van der Waals surface area contributed by atoms with Crippen LogP contribution >= 0.6 is 11.3 Å². The number of hydrogen-bond donors (Lipinski definition) is 1. The summed E-state index contributed by atoms with van der Waals surface area (Å²) in [6, 6.07) is 34.2. The second-order valence-corrected chi connectivity index (χ2v) is 9.58. The Balaban J connectivity index is 1.58. The second-order valence-electron chi connectivity index (χ2n) is 8.63. The minimum absolute atomic E-state index is 0.0179. The first-order chi connectivity index (χ1) is 17.6. The summed E-state index contributed by atoms with van der Waals surface area (Å²) in [7, 11) is 0. The number of benzene rings is 4. The van der Waals surface area contributed by atoms with Crippen LogP contribution in [0.5, 0.6) is 0 Å². The molecular weight excluding hydrogens is 464 g/mol. The molecule has 0 atom stereocenters. The van der Waals surface area contributed by atoms with Crippen LogP contribution in [0.15, 0.2) is 102 Å². The van der Waals surface area contributed by atoms with Crippen molar-refractivity contribution in [1.29, 1.82) is 0 Å². The highest BCUT2D eigenvalue weighted by atomic mass is 32.1. The number of nitrogens with zero attached hydrogens (tertiary/aromatic N) is 1. The zero-order valence-corrected chi connectivity index (χ0v) is 20.1. The second kappa shape index (κ2) is 8.95. The number of fused-ring (bicyclic) bond motifs is 3. The van der Waals surface area contributed by atoms with Gasteiger partial charge in [-0.1, -0.05) is 66.7 Å². The number of rotatable bonds is 6. The largest absolute Gasteiger partial charge is 0.366 e. The Morgan fingerprint density at radius 3 is 2.39 bits per heavy atom. The highest BCUT2D eigenvalue weighted by molar-refractivity contribution is 7.13. The fourth-order valence-corrected chi connectivity index (χ4v) is 5.53. The third-order valence-corrected chi connectivity index (χ3v) is 7.41. The molecule has 0 aliphatic heterocycles. The minimum Gasteiger partial charge on any atom is -0.366 e. The zero-order valence-electron chi connectivity index (χ0n) is 19.3. The van der Waals surface area contributed by atoms with Crippen molar-refractivity contribution in [1.82, 2.24) is 4.57 Å². The summed E-state index contributed by atoms with van der Waals surface area (Å²) in [5.41, 5.74) is 11.3. The number of carbonyl (C=O) groups excluding carboxylic acids is 2. The molecule has 6 aromatic rings. The Labute approximate surface area is 212 Å². The fourth-order valence-electron chi connectivity index (χ4n) is 4.81. The molecule has 2 N–H and O–H groups in total. The van der Waals surface area contributed by atoms with Crippen molar-refractivity contribution in [3.8, 4) is 10.4 Å². The summed E-state index contributed by atoms with van der Waals surface area (Å²) in [5, 5.41) is 3.67. The molecule has 2 aromatic heterocycles. The number of nitrogens with two attached hydrogens (primary N) is 1. The minimum atomic E-state index is -0.477. The van der Waals surface area contributed by atoms with Crippen molar-refractivity contribution in [2.75, 3.05) is 0 Å². The first-order valence-electron chi connectivity index (χ1n) is 11.6. The Hall–Kier alpha value is -4.48. The average Bonchev–Trinajstić information content (AvgIpc) is 3.56. The molecule has 173 valence electrons. The van der Waals surface area contributed by atoms with Gasteiger partial charge in [0.2, 0.25) is 5.91 Å². The van der Waals surface area contributed by atoms with E-state index >= 15 is 0 Å². The molecule has 0 aliphatic carbocycles. The standard InChI is InChI=1S/C31H21N2O2S/c32-31(35)25-12-6-13-26-29(25)24-16-15-21(28-14-7-17-36-28)18-27(24)33(26)19-22-10-4-5-11-23(22)30(34)20-8-2-1-3-9-20/h1-15,17-18H,19H2,(H2,32,35). The predicted octanol–water partition coefficient (Wildman–Crippen LogP) is 6.70. The van der Waals surface area contributed by atoms with E-state index in [4.69, 9.17) is 5.73 Å². The van der Waals surface area contributed by atoms with Gasteiger partial charge in [0.1, 0.15) is 0 Å². The number of thiophene rings is 1. The summed E-state index contributed by atoms with van der Waals surface area (Å²) in [6.45, 7) is 0.457. The SMILES string of the molecule is NC(=O)c1cccc2c1c1[c]cc(-c3cccs3)cc1n2Cc1ccccc1C(=O)c1ccccc1. The number of ketones is 1. The van der Waals surface area contributed by atoms with Crippen molar-refractivity contribution >= 4 is 44.8 Å².